The van der Waals surface area contributed by atoms with Crippen LogP contribution < -0.4 is 0 Å². The number of halogens is 1. The topological polar surface area (TPSA) is 68.3 Å². The van der Waals surface area contributed by atoms with Crippen molar-refractivity contribution in [1.29, 1.82) is 5.26 Å². The molecular formula is C25H21IN4. The van der Waals surface area contributed by atoms with Crippen molar-refractivity contribution in [2.45, 2.75) is 30.1 Å². The zero-order valence-corrected chi connectivity index (χ0v) is 19.0. The Labute approximate surface area is 188 Å². The quantitative estimate of drug-likeness (QED) is 0.242. The summed E-state index contributed by atoms with van der Waals surface area (Å²) in [6.07, 6.45) is 12.0. The summed E-state index contributed by atoms with van der Waals surface area (Å²) in [6, 6.07) is 10.1. The largest absolute Gasteiger partial charge is 0.361 e. The highest BCUT2D eigenvalue weighted by atomic mass is 127. The highest BCUT2D eigenvalue weighted by molar-refractivity contribution is 14.1. The minimum Gasteiger partial charge on any atom is -0.361 e. The van der Waals surface area contributed by atoms with Crippen molar-refractivity contribution in [2.75, 3.05) is 0 Å². The molecule has 2 atom stereocenters. The van der Waals surface area contributed by atoms with E-state index in [0.717, 1.165) is 23.3 Å². The number of aromatic amines is 2. The molecule has 4 nitrogen and oxygen atoms in total. The molecule has 5 heteroatoms. The molecule has 0 aliphatic heterocycles. The van der Waals surface area contributed by atoms with Crippen LogP contribution >= 0.6 is 22.6 Å². The number of hydrogen-bond donors (Lipinski definition) is 2. The number of H-pyrrole nitrogens is 2. The van der Waals surface area contributed by atoms with Gasteiger partial charge in [-0.05, 0) is 60.7 Å². The summed E-state index contributed by atoms with van der Waals surface area (Å²) in [7, 11) is 0. The van der Waals surface area contributed by atoms with Crippen LogP contribution in [0.1, 0.15) is 49.9 Å². The first-order valence-corrected chi connectivity index (χ1v) is 11.3. The second-order valence-corrected chi connectivity index (χ2v) is 9.15. The van der Waals surface area contributed by atoms with E-state index in [-0.39, 0.29) is 3.92 Å². The molecule has 2 aromatic heterocycles. The molecule has 148 valence electrons. The van der Waals surface area contributed by atoms with Gasteiger partial charge in [-0.1, -0.05) is 53.0 Å². The number of nitriles is 1. The van der Waals surface area contributed by atoms with E-state index in [1.54, 1.807) is 0 Å². The van der Waals surface area contributed by atoms with E-state index >= 15 is 0 Å². The van der Waals surface area contributed by atoms with Crippen LogP contribution in [0.5, 0.6) is 0 Å². The molecule has 5 rings (SSSR count). The van der Waals surface area contributed by atoms with Crippen LogP contribution in [0.4, 0.5) is 0 Å². The number of nitrogens with zero attached hydrogens (tertiary/aromatic N) is 2. The summed E-state index contributed by atoms with van der Waals surface area (Å²) in [4.78, 5) is 11.9. The predicted octanol–water partition coefficient (Wildman–Crippen LogP) is 6.66. The molecule has 4 aromatic rings. The van der Waals surface area contributed by atoms with E-state index in [1.807, 2.05) is 18.2 Å². The lowest BCUT2D eigenvalue weighted by Gasteiger charge is -2.19. The molecule has 2 heterocycles. The van der Waals surface area contributed by atoms with E-state index in [1.165, 1.54) is 33.2 Å². The van der Waals surface area contributed by atoms with Gasteiger partial charge in [-0.3, -0.25) is 0 Å². The number of fused-ring (bicyclic) bond motifs is 2. The van der Waals surface area contributed by atoms with Crippen LogP contribution in [0.15, 0.2) is 54.8 Å². The van der Waals surface area contributed by atoms with Crippen molar-refractivity contribution in [3.63, 3.8) is 0 Å². The number of imidazole rings is 1. The van der Waals surface area contributed by atoms with E-state index in [2.05, 4.69) is 89.0 Å². The average Bonchev–Trinajstić information content (AvgIpc) is 3.38. The van der Waals surface area contributed by atoms with Crippen molar-refractivity contribution < 1.29 is 0 Å². The van der Waals surface area contributed by atoms with E-state index in [4.69, 9.17) is 4.98 Å². The lowest BCUT2D eigenvalue weighted by Crippen LogP contribution is -2.03. The third kappa shape index (κ3) is 3.07. The van der Waals surface area contributed by atoms with E-state index in [0.29, 0.717) is 11.5 Å². The van der Waals surface area contributed by atoms with Crippen molar-refractivity contribution in [3.8, 4) is 6.07 Å². The first kappa shape index (κ1) is 19.1. The number of benzene rings is 2. The normalized spacial score (nSPS) is 16.9. The Morgan fingerprint density at radius 3 is 2.83 bits per heavy atom. The first-order valence-electron chi connectivity index (χ1n) is 10.0. The van der Waals surface area contributed by atoms with Gasteiger partial charge in [0.2, 0.25) is 0 Å². The second kappa shape index (κ2) is 7.44. The molecule has 2 N–H and O–H groups in total. The smallest absolute Gasteiger partial charge is 0.124 e. The molecular weight excluding hydrogens is 483 g/mol. The number of aromatic nitrogens is 3. The Morgan fingerprint density at radius 1 is 1.20 bits per heavy atom. The summed E-state index contributed by atoms with van der Waals surface area (Å²) < 4.78 is 0.0706. The Hall–Kier alpha value is -2.85. The summed E-state index contributed by atoms with van der Waals surface area (Å²) in [5.41, 5.74) is 8.82. The predicted molar refractivity (Wildman–Crippen MR) is 130 cm³/mol. The lowest BCUT2D eigenvalue weighted by atomic mass is 9.88. The Kier molecular flexibility index (Phi) is 4.75. The molecule has 0 bridgehead atoms. The molecule has 0 spiro atoms. The molecule has 0 fully saturated rings. The fourth-order valence-electron chi connectivity index (χ4n) is 4.50. The molecule has 30 heavy (non-hydrogen) atoms. The second-order valence-electron chi connectivity index (χ2n) is 7.90. The SMILES string of the molecule is Cc1cc(C)c2[nH]cc(C3C=CC=CC3)c2c1C(I)c1nc2ccc(C#N)cc2[nH]1. The molecule has 0 saturated carbocycles. The first-order chi connectivity index (χ1) is 14.6. The van der Waals surface area contributed by atoms with Gasteiger partial charge in [0.1, 0.15) is 5.82 Å². The maximum Gasteiger partial charge on any atom is 0.124 e. The van der Waals surface area contributed by atoms with Crippen molar-refractivity contribution >= 4 is 44.5 Å². The standard InChI is InChI=1S/C25H21IN4/c1-14-10-15(2)24-22(18(13-28-24)17-6-4-3-5-7-17)21(14)23(26)25-29-19-9-8-16(12-27)11-20(19)30-25/h3-6,8-11,13,17,23,28H,7H2,1-2H3,(H,29,30). The monoisotopic (exact) mass is 504 g/mol. The molecule has 0 saturated heterocycles. The molecule has 1 aliphatic rings. The van der Waals surface area contributed by atoms with Gasteiger partial charge in [0, 0.05) is 23.0 Å². The van der Waals surface area contributed by atoms with Crippen LogP contribution in [-0.2, 0) is 0 Å². The lowest BCUT2D eigenvalue weighted by molar-refractivity contribution is 0.860. The van der Waals surface area contributed by atoms with Gasteiger partial charge in [-0.25, -0.2) is 4.98 Å². The molecule has 0 amide bonds. The van der Waals surface area contributed by atoms with Gasteiger partial charge in [0.05, 0.1) is 26.6 Å². The average molecular weight is 504 g/mol. The Balaban J connectivity index is 1.69. The van der Waals surface area contributed by atoms with E-state index < -0.39 is 0 Å². The maximum atomic E-state index is 9.20. The fraction of sp³-hybridized carbons (Fsp3) is 0.200. The summed E-state index contributed by atoms with van der Waals surface area (Å²) in [5.74, 6) is 1.29. The number of rotatable bonds is 3. The summed E-state index contributed by atoms with van der Waals surface area (Å²) >= 11 is 2.49. The highest BCUT2D eigenvalue weighted by Gasteiger charge is 2.25. The van der Waals surface area contributed by atoms with Gasteiger partial charge in [0.15, 0.2) is 0 Å². The number of hydrogen-bond acceptors (Lipinski definition) is 2. The molecule has 1 aliphatic carbocycles. The number of allylic oxidation sites excluding steroid dienone is 4. The van der Waals surface area contributed by atoms with Gasteiger partial charge in [-0.15, -0.1) is 0 Å². The van der Waals surface area contributed by atoms with Gasteiger partial charge < -0.3 is 9.97 Å². The van der Waals surface area contributed by atoms with Gasteiger partial charge >= 0.3 is 0 Å². The minimum absolute atomic E-state index is 0.0706. The van der Waals surface area contributed by atoms with E-state index in [9.17, 15) is 5.26 Å². The Morgan fingerprint density at radius 2 is 2.07 bits per heavy atom. The Bertz CT molecular complexity index is 1380. The number of nitrogens with one attached hydrogen (secondary N) is 2. The van der Waals surface area contributed by atoms with Crippen molar-refractivity contribution in [1.82, 2.24) is 15.0 Å². The van der Waals surface area contributed by atoms with Crippen molar-refractivity contribution in [3.05, 3.63) is 88.4 Å². The van der Waals surface area contributed by atoms with Gasteiger partial charge in [0.25, 0.3) is 0 Å². The maximum absolute atomic E-state index is 9.20. The highest BCUT2D eigenvalue weighted by Crippen LogP contribution is 2.42. The zero-order chi connectivity index (χ0) is 20.8. The van der Waals surface area contributed by atoms with Crippen LogP contribution in [0.3, 0.4) is 0 Å². The van der Waals surface area contributed by atoms with Gasteiger partial charge in [-0.2, -0.15) is 5.26 Å². The third-order valence-corrected chi connectivity index (χ3v) is 7.15. The molecule has 2 aromatic carbocycles. The summed E-state index contributed by atoms with van der Waals surface area (Å²) in [5, 5.41) is 10.5. The number of aryl methyl sites for hydroxylation is 2. The summed E-state index contributed by atoms with van der Waals surface area (Å²) in [6.45, 7) is 4.36. The molecule has 2 unspecified atom stereocenters. The molecule has 0 radical (unpaired) electrons. The third-order valence-electron chi connectivity index (χ3n) is 5.94. The van der Waals surface area contributed by atoms with Crippen LogP contribution in [0, 0.1) is 25.2 Å². The van der Waals surface area contributed by atoms with Crippen LogP contribution in [0.2, 0.25) is 0 Å². The fourth-order valence-corrected chi connectivity index (χ4v) is 5.60. The minimum atomic E-state index is 0.0706. The van der Waals surface area contributed by atoms with Crippen LogP contribution in [0.25, 0.3) is 21.9 Å². The van der Waals surface area contributed by atoms with Crippen molar-refractivity contribution in [2.24, 2.45) is 0 Å². The zero-order valence-electron chi connectivity index (χ0n) is 16.8. The number of alkyl halides is 1. The van der Waals surface area contributed by atoms with Crippen LogP contribution in [-0.4, -0.2) is 15.0 Å².